The first-order valence-electron chi connectivity index (χ1n) is 4.97. The SMILES string of the molecule is CCc1ccc(C(F)(F)F)c(C(F)(F)F)c1OC. The summed E-state index contributed by atoms with van der Waals surface area (Å²) in [5.74, 6) is -0.764. The number of benzene rings is 1. The fourth-order valence-corrected chi connectivity index (χ4v) is 1.66. The Morgan fingerprint density at radius 3 is 1.89 bits per heavy atom. The van der Waals surface area contributed by atoms with Gasteiger partial charge in [-0.15, -0.1) is 0 Å². The van der Waals surface area contributed by atoms with Crippen molar-refractivity contribution in [3.63, 3.8) is 0 Å². The Balaban J connectivity index is 3.66. The van der Waals surface area contributed by atoms with Crippen LogP contribution in [0.3, 0.4) is 0 Å². The summed E-state index contributed by atoms with van der Waals surface area (Å²) >= 11 is 0. The molecule has 1 aromatic carbocycles. The quantitative estimate of drug-likeness (QED) is 0.729. The third kappa shape index (κ3) is 2.70. The fraction of sp³-hybridized carbons (Fsp3) is 0.455. The summed E-state index contributed by atoms with van der Waals surface area (Å²) in [7, 11) is 0.921. The molecule has 0 saturated heterocycles. The van der Waals surface area contributed by atoms with Gasteiger partial charge in [0.1, 0.15) is 11.3 Å². The number of halogens is 6. The number of rotatable bonds is 2. The first-order chi connectivity index (χ1) is 8.12. The van der Waals surface area contributed by atoms with Crippen molar-refractivity contribution in [3.8, 4) is 5.75 Å². The van der Waals surface area contributed by atoms with Gasteiger partial charge in [-0.25, -0.2) is 0 Å². The lowest BCUT2D eigenvalue weighted by Gasteiger charge is -2.20. The molecule has 0 heterocycles. The molecule has 18 heavy (non-hydrogen) atoms. The number of ether oxygens (including phenoxy) is 1. The third-order valence-electron chi connectivity index (χ3n) is 2.41. The van der Waals surface area contributed by atoms with Gasteiger partial charge in [-0.2, -0.15) is 26.3 Å². The van der Waals surface area contributed by atoms with Crippen molar-refractivity contribution in [2.24, 2.45) is 0 Å². The van der Waals surface area contributed by atoms with E-state index < -0.39 is 29.2 Å². The Morgan fingerprint density at radius 1 is 1.00 bits per heavy atom. The summed E-state index contributed by atoms with van der Waals surface area (Å²) in [6, 6.07) is 1.43. The fourth-order valence-electron chi connectivity index (χ4n) is 1.66. The molecule has 0 amide bonds. The summed E-state index contributed by atoms with van der Waals surface area (Å²) in [4.78, 5) is 0. The predicted octanol–water partition coefficient (Wildman–Crippen LogP) is 4.30. The third-order valence-corrected chi connectivity index (χ3v) is 2.41. The highest BCUT2D eigenvalue weighted by molar-refractivity contribution is 5.49. The van der Waals surface area contributed by atoms with Crippen LogP contribution in [-0.2, 0) is 18.8 Å². The molecule has 0 aromatic heterocycles. The van der Waals surface area contributed by atoms with Crippen LogP contribution in [0.25, 0.3) is 0 Å². The Labute approximate surface area is 99.4 Å². The van der Waals surface area contributed by atoms with Gasteiger partial charge in [-0.1, -0.05) is 13.0 Å². The smallest absolute Gasteiger partial charge is 0.420 e. The van der Waals surface area contributed by atoms with Gasteiger partial charge in [0.25, 0.3) is 0 Å². The van der Waals surface area contributed by atoms with Crippen molar-refractivity contribution in [1.29, 1.82) is 0 Å². The highest BCUT2D eigenvalue weighted by Crippen LogP contribution is 2.46. The molecule has 0 spiro atoms. The summed E-state index contributed by atoms with van der Waals surface area (Å²) in [5, 5.41) is 0. The van der Waals surface area contributed by atoms with Crippen LogP contribution in [0, 0.1) is 0 Å². The van der Waals surface area contributed by atoms with Crippen molar-refractivity contribution in [1.82, 2.24) is 0 Å². The maximum atomic E-state index is 12.8. The van der Waals surface area contributed by atoms with E-state index in [1.165, 1.54) is 6.92 Å². The van der Waals surface area contributed by atoms with Gasteiger partial charge < -0.3 is 4.74 Å². The maximum absolute atomic E-state index is 12.8. The second-order valence-electron chi connectivity index (χ2n) is 3.53. The van der Waals surface area contributed by atoms with Crippen LogP contribution in [0.2, 0.25) is 0 Å². The topological polar surface area (TPSA) is 9.23 Å². The highest BCUT2D eigenvalue weighted by atomic mass is 19.4. The van der Waals surface area contributed by atoms with Gasteiger partial charge >= 0.3 is 12.4 Å². The molecule has 0 saturated carbocycles. The average molecular weight is 272 g/mol. The average Bonchev–Trinajstić information content (AvgIpc) is 2.24. The Kier molecular flexibility index (Phi) is 3.83. The molecule has 1 nitrogen and oxygen atoms in total. The molecule has 7 heteroatoms. The molecule has 0 fully saturated rings. The first-order valence-corrected chi connectivity index (χ1v) is 4.97. The van der Waals surface area contributed by atoms with Crippen molar-refractivity contribution < 1.29 is 31.1 Å². The van der Waals surface area contributed by atoms with Crippen LogP contribution in [0.1, 0.15) is 23.6 Å². The number of aryl methyl sites for hydroxylation is 1. The normalized spacial score (nSPS) is 12.7. The lowest BCUT2D eigenvalue weighted by molar-refractivity contribution is -0.163. The van der Waals surface area contributed by atoms with E-state index in [9.17, 15) is 26.3 Å². The van der Waals surface area contributed by atoms with E-state index in [0.29, 0.717) is 6.07 Å². The van der Waals surface area contributed by atoms with Crippen molar-refractivity contribution >= 4 is 0 Å². The number of alkyl halides is 6. The van der Waals surface area contributed by atoms with Crippen LogP contribution in [0.5, 0.6) is 5.75 Å². The number of hydrogen-bond donors (Lipinski definition) is 0. The molecule has 0 aliphatic carbocycles. The second-order valence-corrected chi connectivity index (χ2v) is 3.53. The molecule has 0 aliphatic rings. The van der Waals surface area contributed by atoms with E-state index in [-0.39, 0.29) is 12.0 Å². The summed E-state index contributed by atoms with van der Waals surface area (Å²) < 4.78 is 80.5. The van der Waals surface area contributed by atoms with E-state index in [2.05, 4.69) is 4.74 Å². The predicted molar refractivity (Wildman–Crippen MR) is 52.4 cm³/mol. The van der Waals surface area contributed by atoms with E-state index in [4.69, 9.17) is 0 Å². The zero-order valence-corrected chi connectivity index (χ0v) is 9.54. The standard InChI is InChI=1S/C11H10F6O/c1-3-6-4-5-7(10(12,13)14)8(9(6)18-2)11(15,16)17/h4-5H,3H2,1-2H3. The van der Waals surface area contributed by atoms with Gasteiger partial charge in [0.2, 0.25) is 0 Å². The molecule has 0 atom stereocenters. The summed E-state index contributed by atoms with van der Waals surface area (Å²) in [6.07, 6.45) is -10.1. The molecule has 102 valence electrons. The monoisotopic (exact) mass is 272 g/mol. The van der Waals surface area contributed by atoms with Crippen molar-refractivity contribution in [3.05, 3.63) is 28.8 Å². The van der Waals surface area contributed by atoms with Crippen molar-refractivity contribution in [2.75, 3.05) is 7.11 Å². The molecule has 0 radical (unpaired) electrons. The minimum absolute atomic E-state index is 0.0813. The van der Waals surface area contributed by atoms with E-state index in [1.54, 1.807) is 0 Å². The van der Waals surface area contributed by atoms with Crippen molar-refractivity contribution in [2.45, 2.75) is 25.7 Å². The molecule has 1 rings (SSSR count). The molecule has 0 N–H and O–H groups in total. The minimum atomic E-state index is -5.12. The van der Waals surface area contributed by atoms with Gasteiger partial charge in [0.05, 0.1) is 12.7 Å². The molecular weight excluding hydrogens is 262 g/mol. The molecule has 0 aliphatic heterocycles. The number of methoxy groups -OCH3 is 1. The van der Waals surface area contributed by atoms with Gasteiger partial charge in [-0.3, -0.25) is 0 Å². The maximum Gasteiger partial charge on any atom is 0.420 e. The first kappa shape index (κ1) is 14.7. The van der Waals surface area contributed by atoms with E-state index in [0.717, 1.165) is 13.2 Å². The molecule has 0 bridgehead atoms. The van der Waals surface area contributed by atoms with Gasteiger partial charge in [0, 0.05) is 0 Å². The number of hydrogen-bond acceptors (Lipinski definition) is 1. The summed E-state index contributed by atoms with van der Waals surface area (Å²) in [6.45, 7) is 1.53. The highest BCUT2D eigenvalue weighted by Gasteiger charge is 2.46. The zero-order valence-electron chi connectivity index (χ0n) is 9.54. The molecular formula is C11H10F6O. The van der Waals surface area contributed by atoms with Crippen LogP contribution in [-0.4, -0.2) is 7.11 Å². The Hall–Kier alpha value is -1.40. The van der Waals surface area contributed by atoms with E-state index >= 15 is 0 Å². The van der Waals surface area contributed by atoms with Gasteiger partial charge in [-0.05, 0) is 18.1 Å². The van der Waals surface area contributed by atoms with Crippen LogP contribution >= 0.6 is 0 Å². The van der Waals surface area contributed by atoms with E-state index in [1.807, 2.05) is 0 Å². The minimum Gasteiger partial charge on any atom is -0.496 e. The lowest BCUT2D eigenvalue weighted by atomic mass is 9.99. The van der Waals surface area contributed by atoms with Crippen LogP contribution in [0.4, 0.5) is 26.3 Å². The molecule has 0 unspecified atom stereocenters. The second kappa shape index (κ2) is 4.70. The largest absolute Gasteiger partial charge is 0.496 e. The zero-order chi connectivity index (χ0) is 14.1. The summed E-state index contributed by atoms with van der Waals surface area (Å²) in [5.41, 5.74) is -3.42. The van der Waals surface area contributed by atoms with Crippen LogP contribution in [0.15, 0.2) is 12.1 Å². The Morgan fingerprint density at radius 2 is 1.56 bits per heavy atom. The Bertz CT molecular complexity index is 432. The van der Waals surface area contributed by atoms with Crippen LogP contribution < -0.4 is 4.74 Å². The lowest BCUT2D eigenvalue weighted by Crippen LogP contribution is -2.18. The molecule has 1 aromatic rings. The van der Waals surface area contributed by atoms with Gasteiger partial charge in [0.15, 0.2) is 0 Å².